The molecule has 11 nitrogen and oxygen atoms in total. The molecule has 0 spiro atoms. The average Bonchev–Trinajstić information content (AvgIpc) is 3.28. The second-order valence-corrected chi connectivity index (χ2v) is 10.6. The lowest BCUT2D eigenvalue weighted by Crippen LogP contribution is -2.45. The molecule has 1 fully saturated rings. The minimum Gasteiger partial charge on any atom is -0.380 e. The Hall–Kier alpha value is -4.25. The van der Waals surface area contributed by atoms with Gasteiger partial charge in [-0.3, -0.25) is 0 Å². The van der Waals surface area contributed by atoms with E-state index in [1.165, 1.54) is 12.1 Å². The lowest BCUT2D eigenvalue weighted by Gasteiger charge is -2.35. The third kappa shape index (κ3) is 5.37. The highest BCUT2D eigenvalue weighted by Gasteiger charge is 2.23. The summed E-state index contributed by atoms with van der Waals surface area (Å²) in [6, 6.07) is 12.3. The molecule has 196 valence electrons. The van der Waals surface area contributed by atoms with Crippen molar-refractivity contribution in [3.05, 3.63) is 60.1 Å². The first-order valence-corrected chi connectivity index (χ1v) is 13.4. The highest BCUT2D eigenvalue weighted by Crippen LogP contribution is 2.34. The number of piperazine rings is 1. The van der Waals surface area contributed by atoms with Crippen molar-refractivity contribution in [3.8, 4) is 6.07 Å². The number of nitrogens with one attached hydrogen (secondary N) is 3. The standard InChI is InChI=1S/C25H26FN9O2S/c1-34-8-10-35(11-9-34)22-5-3-18(13-23(22)38(28,36)37)32-25-30-15-20(26)24(33-25)31-17-2-4-19-16(6-7-27)14-29-21(19)12-17/h2-6,12-13,15,29H,8-11,14H2,1H3,(H2,28,36,37)(H2,30,31,32,33). The fourth-order valence-corrected chi connectivity index (χ4v) is 5.23. The number of nitrogens with two attached hydrogens (primary N) is 1. The number of hydrogen-bond donors (Lipinski definition) is 4. The van der Waals surface area contributed by atoms with Crippen molar-refractivity contribution in [3.63, 3.8) is 0 Å². The SMILES string of the molecule is CN1CCN(c2ccc(Nc3ncc(F)c(Nc4ccc5c(c4)NCC5=CC#N)n3)cc2S(N)(=O)=O)CC1. The van der Waals surface area contributed by atoms with Crippen molar-refractivity contribution >= 4 is 50.1 Å². The monoisotopic (exact) mass is 535 g/mol. The van der Waals surface area contributed by atoms with Crippen LogP contribution in [0.4, 0.5) is 38.9 Å². The predicted octanol–water partition coefficient (Wildman–Crippen LogP) is 2.83. The van der Waals surface area contributed by atoms with Crippen LogP contribution >= 0.6 is 0 Å². The Balaban J connectivity index is 1.38. The summed E-state index contributed by atoms with van der Waals surface area (Å²) in [5.74, 6) is -0.654. The molecule has 2 aromatic carbocycles. The van der Waals surface area contributed by atoms with E-state index in [2.05, 4.69) is 30.8 Å². The normalized spacial score (nSPS) is 16.6. The van der Waals surface area contributed by atoms with Crippen LogP contribution < -0.4 is 26.0 Å². The van der Waals surface area contributed by atoms with Crippen molar-refractivity contribution < 1.29 is 12.8 Å². The first kappa shape index (κ1) is 25.4. The van der Waals surface area contributed by atoms with Gasteiger partial charge in [0, 0.05) is 61.4 Å². The van der Waals surface area contributed by atoms with Gasteiger partial charge < -0.3 is 25.8 Å². The summed E-state index contributed by atoms with van der Waals surface area (Å²) in [5, 5.41) is 23.6. The van der Waals surface area contributed by atoms with Crippen molar-refractivity contribution in [1.82, 2.24) is 14.9 Å². The van der Waals surface area contributed by atoms with Gasteiger partial charge in [-0.2, -0.15) is 10.2 Å². The number of hydrogen-bond acceptors (Lipinski definition) is 10. The zero-order valence-electron chi connectivity index (χ0n) is 20.6. The van der Waals surface area contributed by atoms with Crippen LogP contribution in [-0.4, -0.2) is 63.1 Å². The summed E-state index contributed by atoms with van der Waals surface area (Å²) in [6.07, 6.45) is 2.52. The number of nitrogens with zero attached hydrogens (tertiary/aromatic N) is 5. The molecule has 3 aromatic rings. The maximum absolute atomic E-state index is 14.6. The van der Waals surface area contributed by atoms with Crippen molar-refractivity contribution in [2.75, 3.05) is 60.6 Å². The zero-order valence-corrected chi connectivity index (χ0v) is 21.4. The molecule has 1 saturated heterocycles. The number of allylic oxidation sites excluding steroid dienone is 1. The van der Waals surface area contributed by atoms with E-state index >= 15 is 0 Å². The number of anilines is 6. The second-order valence-electron chi connectivity index (χ2n) is 9.07. The highest BCUT2D eigenvalue weighted by molar-refractivity contribution is 7.89. The smallest absolute Gasteiger partial charge is 0.240 e. The topological polar surface area (TPSA) is 152 Å². The van der Waals surface area contributed by atoms with E-state index in [1.807, 2.05) is 24.1 Å². The van der Waals surface area contributed by atoms with Crippen LogP contribution in [0.25, 0.3) is 5.57 Å². The van der Waals surface area contributed by atoms with Crippen LogP contribution in [0.15, 0.2) is 53.6 Å². The number of sulfonamides is 1. The number of rotatable bonds is 6. The largest absolute Gasteiger partial charge is 0.380 e. The third-order valence-electron chi connectivity index (χ3n) is 6.45. The van der Waals surface area contributed by atoms with Gasteiger partial charge in [0.05, 0.1) is 18.0 Å². The molecule has 0 aliphatic carbocycles. The van der Waals surface area contributed by atoms with Crippen molar-refractivity contribution in [2.24, 2.45) is 5.14 Å². The number of benzene rings is 2. The van der Waals surface area contributed by atoms with E-state index in [4.69, 9.17) is 10.4 Å². The Labute approximate surface area is 219 Å². The Morgan fingerprint density at radius 3 is 2.61 bits per heavy atom. The Morgan fingerprint density at radius 2 is 1.87 bits per heavy atom. The summed E-state index contributed by atoms with van der Waals surface area (Å²) in [5.41, 5.74) is 4.13. The molecule has 0 unspecified atom stereocenters. The van der Waals surface area contributed by atoms with Gasteiger partial charge in [0.2, 0.25) is 16.0 Å². The lowest BCUT2D eigenvalue weighted by molar-refractivity contribution is 0.312. The molecular formula is C25H26FN9O2S. The van der Waals surface area contributed by atoms with Crippen LogP contribution in [0, 0.1) is 17.1 Å². The molecule has 0 saturated carbocycles. The molecule has 13 heteroatoms. The zero-order chi connectivity index (χ0) is 26.9. The summed E-state index contributed by atoms with van der Waals surface area (Å²) in [7, 11) is -2.00. The second kappa shape index (κ2) is 10.3. The number of halogens is 1. The molecule has 0 radical (unpaired) electrons. The number of primary sulfonamides is 1. The minimum absolute atomic E-state index is 0.0111. The molecule has 3 heterocycles. The van der Waals surface area contributed by atoms with Crippen LogP contribution in [0.1, 0.15) is 5.56 Å². The van der Waals surface area contributed by atoms with E-state index in [0.29, 0.717) is 36.7 Å². The lowest BCUT2D eigenvalue weighted by atomic mass is 10.1. The van der Waals surface area contributed by atoms with Gasteiger partial charge in [-0.05, 0) is 43.0 Å². The molecule has 0 amide bonds. The van der Waals surface area contributed by atoms with E-state index in [0.717, 1.165) is 36.1 Å². The molecule has 2 aliphatic heterocycles. The summed E-state index contributed by atoms with van der Waals surface area (Å²) < 4.78 is 39.4. The first-order valence-electron chi connectivity index (χ1n) is 11.8. The Kier molecular flexibility index (Phi) is 6.85. The summed E-state index contributed by atoms with van der Waals surface area (Å²) in [6.45, 7) is 3.50. The van der Waals surface area contributed by atoms with Crippen LogP contribution in [0.2, 0.25) is 0 Å². The van der Waals surface area contributed by atoms with Gasteiger partial charge in [0.1, 0.15) is 4.90 Å². The van der Waals surface area contributed by atoms with Gasteiger partial charge in [-0.15, -0.1) is 0 Å². The van der Waals surface area contributed by atoms with Crippen LogP contribution in [0.3, 0.4) is 0 Å². The van der Waals surface area contributed by atoms with E-state index in [1.54, 1.807) is 24.3 Å². The molecular weight excluding hydrogens is 509 g/mol. The summed E-state index contributed by atoms with van der Waals surface area (Å²) in [4.78, 5) is 12.4. The van der Waals surface area contributed by atoms with Crippen LogP contribution in [-0.2, 0) is 10.0 Å². The molecule has 2 aliphatic rings. The Morgan fingerprint density at radius 1 is 1.13 bits per heavy atom. The quantitative estimate of drug-likeness (QED) is 0.347. The fraction of sp³-hybridized carbons (Fsp3) is 0.240. The molecule has 0 atom stereocenters. The predicted molar refractivity (Wildman–Crippen MR) is 145 cm³/mol. The van der Waals surface area contributed by atoms with E-state index in [-0.39, 0.29) is 16.7 Å². The number of fused-ring (bicyclic) bond motifs is 1. The minimum atomic E-state index is -4.02. The van der Waals surface area contributed by atoms with Gasteiger partial charge in [0.15, 0.2) is 11.6 Å². The van der Waals surface area contributed by atoms with E-state index in [9.17, 15) is 12.8 Å². The van der Waals surface area contributed by atoms with Crippen molar-refractivity contribution in [2.45, 2.75) is 4.90 Å². The third-order valence-corrected chi connectivity index (χ3v) is 7.39. The van der Waals surface area contributed by atoms with Crippen LogP contribution in [0.5, 0.6) is 0 Å². The number of nitriles is 1. The molecule has 1 aromatic heterocycles. The van der Waals surface area contributed by atoms with Gasteiger partial charge in [-0.1, -0.05) is 6.07 Å². The number of aromatic nitrogens is 2. The highest BCUT2D eigenvalue weighted by atomic mass is 32.2. The van der Waals surface area contributed by atoms with Gasteiger partial charge in [0.25, 0.3) is 0 Å². The van der Waals surface area contributed by atoms with E-state index < -0.39 is 15.8 Å². The first-order chi connectivity index (χ1) is 18.2. The maximum atomic E-state index is 14.6. The maximum Gasteiger partial charge on any atom is 0.240 e. The Bertz CT molecular complexity index is 1560. The summed E-state index contributed by atoms with van der Waals surface area (Å²) >= 11 is 0. The van der Waals surface area contributed by atoms with Gasteiger partial charge >= 0.3 is 0 Å². The molecule has 5 rings (SSSR count). The average molecular weight is 536 g/mol. The van der Waals surface area contributed by atoms with Gasteiger partial charge in [-0.25, -0.2) is 22.9 Å². The molecule has 5 N–H and O–H groups in total. The molecule has 38 heavy (non-hydrogen) atoms. The molecule has 0 bridgehead atoms. The van der Waals surface area contributed by atoms with Crippen molar-refractivity contribution in [1.29, 1.82) is 5.26 Å². The fourth-order valence-electron chi connectivity index (χ4n) is 4.45. The number of likely N-dealkylation sites (N-methyl/N-ethyl adjacent to an activating group) is 1.